The van der Waals surface area contributed by atoms with Crippen molar-refractivity contribution >= 4 is 34.9 Å². The molecule has 1 amide bonds. The zero-order chi connectivity index (χ0) is 19.7. The van der Waals surface area contributed by atoms with Crippen molar-refractivity contribution in [3.05, 3.63) is 56.6 Å². The number of amides is 1. The van der Waals surface area contributed by atoms with Crippen molar-refractivity contribution in [2.75, 3.05) is 11.5 Å². The minimum absolute atomic E-state index is 0.0588. The molecule has 1 unspecified atom stereocenters. The molecule has 140 valence electrons. The quantitative estimate of drug-likeness (QED) is 0.259. The van der Waals surface area contributed by atoms with E-state index in [0.717, 1.165) is 0 Å². The van der Waals surface area contributed by atoms with Gasteiger partial charge in [-0.15, -0.1) is 0 Å². The summed E-state index contributed by atoms with van der Waals surface area (Å²) in [7, 11) is 0. The predicted octanol–water partition coefficient (Wildman–Crippen LogP) is 2.54. The first-order chi connectivity index (χ1) is 12.8. The largest absolute Gasteiger partial charge is 0.465 e. The van der Waals surface area contributed by atoms with Crippen LogP contribution in [0.4, 0.5) is 11.4 Å². The number of carbonyl (C=O) groups is 2. The second kappa shape index (κ2) is 7.28. The van der Waals surface area contributed by atoms with Crippen molar-refractivity contribution < 1.29 is 19.2 Å². The van der Waals surface area contributed by atoms with E-state index in [1.807, 2.05) is 0 Å². The number of nitrogens with zero attached hydrogens (tertiary/aromatic N) is 4. The number of aromatic nitrogens is 2. The number of esters is 1. The van der Waals surface area contributed by atoms with Crippen molar-refractivity contribution in [1.29, 1.82) is 0 Å². The van der Waals surface area contributed by atoms with Crippen LogP contribution in [0.1, 0.15) is 29.7 Å². The lowest BCUT2D eigenvalue weighted by molar-refractivity contribution is -0.384. The molecule has 2 aromatic rings. The number of nitro groups is 1. The van der Waals surface area contributed by atoms with Gasteiger partial charge < -0.3 is 9.64 Å². The molecule has 1 aliphatic rings. The number of nitro benzene ring substituents is 1. The molecule has 27 heavy (non-hydrogen) atoms. The number of hydrogen-bond donors (Lipinski definition) is 0. The fraction of sp³-hybridized carbons (Fsp3) is 0.294. The molecular weight excluding hydrogens is 376 g/mol. The lowest BCUT2D eigenvalue weighted by Crippen LogP contribution is -2.44. The first kappa shape index (κ1) is 18.7. The summed E-state index contributed by atoms with van der Waals surface area (Å²) < 4.78 is 5.03. The first-order valence-corrected chi connectivity index (χ1v) is 8.45. The molecule has 0 fully saturated rings. The summed E-state index contributed by atoms with van der Waals surface area (Å²) in [6.45, 7) is 3.50. The Morgan fingerprint density at radius 3 is 2.89 bits per heavy atom. The van der Waals surface area contributed by atoms with Crippen LogP contribution in [0.3, 0.4) is 0 Å². The standard InChI is InChI=1S/C17H15ClN4O5/c1-3-27-16(24)13-14-10(7-19-17(18)20-14)8-21(15(13)23)12-6-11(22(25)26)5-4-9(12)2/h4-7,13H,3,8H2,1-2H3. The highest BCUT2D eigenvalue weighted by atomic mass is 35.5. The molecule has 0 saturated carbocycles. The van der Waals surface area contributed by atoms with Gasteiger partial charge in [0, 0.05) is 23.9 Å². The number of halogens is 1. The van der Waals surface area contributed by atoms with Crippen molar-refractivity contribution in [2.24, 2.45) is 0 Å². The van der Waals surface area contributed by atoms with Gasteiger partial charge in [-0.3, -0.25) is 19.7 Å². The van der Waals surface area contributed by atoms with Gasteiger partial charge in [0.05, 0.1) is 29.5 Å². The maximum atomic E-state index is 13.1. The number of hydrogen-bond acceptors (Lipinski definition) is 7. The van der Waals surface area contributed by atoms with E-state index in [1.54, 1.807) is 19.9 Å². The Kier molecular flexibility index (Phi) is 5.04. The zero-order valence-corrected chi connectivity index (χ0v) is 15.3. The van der Waals surface area contributed by atoms with E-state index in [-0.39, 0.29) is 29.8 Å². The van der Waals surface area contributed by atoms with Crippen LogP contribution in [0, 0.1) is 17.0 Å². The molecule has 2 heterocycles. The number of fused-ring (bicyclic) bond motifs is 1. The maximum absolute atomic E-state index is 13.1. The Morgan fingerprint density at radius 2 is 2.22 bits per heavy atom. The van der Waals surface area contributed by atoms with E-state index in [2.05, 4.69) is 9.97 Å². The van der Waals surface area contributed by atoms with Gasteiger partial charge in [-0.05, 0) is 31.0 Å². The second-order valence-corrected chi connectivity index (χ2v) is 6.22. The number of benzene rings is 1. The number of anilines is 1. The number of rotatable bonds is 4. The monoisotopic (exact) mass is 390 g/mol. The van der Waals surface area contributed by atoms with Crippen molar-refractivity contribution in [3.63, 3.8) is 0 Å². The highest BCUT2D eigenvalue weighted by Gasteiger charge is 2.42. The lowest BCUT2D eigenvalue weighted by Gasteiger charge is -2.32. The molecule has 1 aromatic carbocycles. The third kappa shape index (κ3) is 3.45. The van der Waals surface area contributed by atoms with E-state index in [4.69, 9.17) is 16.3 Å². The smallest absolute Gasteiger partial charge is 0.324 e. The van der Waals surface area contributed by atoms with Crippen LogP contribution in [-0.2, 0) is 20.9 Å². The van der Waals surface area contributed by atoms with E-state index < -0.39 is 22.7 Å². The molecule has 0 aliphatic carbocycles. The molecule has 0 spiro atoms. The number of non-ortho nitro benzene ring substituents is 1. The Morgan fingerprint density at radius 1 is 1.48 bits per heavy atom. The van der Waals surface area contributed by atoms with Gasteiger partial charge >= 0.3 is 5.97 Å². The zero-order valence-electron chi connectivity index (χ0n) is 14.5. The second-order valence-electron chi connectivity index (χ2n) is 5.89. The Labute approximate surface area is 159 Å². The van der Waals surface area contributed by atoms with Crippen molar-refractivity contribution in [1.82, 2.24) is 9.97 Å². The summed E-state index contributed by atoms with van der Waals surface area (Å²) >= 11 is 5.83. The van der Waals surface area contributed by atoms with Crippen LogP contribution in [0.2, 0.25) is 5.28 Å². The summed E-state index contributed by atoms with van der Waals surface area (Å²) in [4.78, 5) is 45.4. The normalized spacial score (nSPS) is 16.0. The number of carbonyl (C=O) groups excluding carboxylic acids is 2. The molecule has 3 rings (SSSR count). The number of aryl methyl sites for hydroxylation is 1. The fourth-order valence-electron chi connectivity index (χ4n) is 2.93. The Balaban J connectivity index is 2.13. The van der Waals surface area contributed by atoms with E-state index in [0.29, 0.717) is 16.8 Å². The van der Waals surface area contributed by atoms with E-state index in [9.17, 15) is 19.7 Å². The molecule has 0 N–H and O–H groups in total. The van der Waals surface area contributed by atoms with Gasteiger partial charge in [0.15, 0.2) is 5.92 Å². The molecule has 1 aliphatic heterocycles. The highest BCUT2D eigenvalue weighted by Crippen LogP contribution is 2.35. The van der Waals surface area contributed by atoms with Crippen LogP contribution in [-0.4, -0.2) is 33.4 Å². The molecule has 0 radical (unpaired) electrons. The fourth-order valence-corrected chi connectivity index (χ4v) is 3.07. The molecule has 0 saturated heterocycles. The summed E-state index contributed by atoms with van der Waals surface area (Å²) in [6, 6.07) is 4.21. The Hall–Kier alpha value is -3.07. The van der Waals surface area contributed by atoms with E-state index in [1.165, 1.54) is 23.2 Å². The van der Waals surface area contributed by atoms with Crippen LogP contribution in [0.25, 0.3) is 0 Å². The molecule has 10 heteroatoms. The lowest BCUT2D eigenvalue weighted by atomic mass is 9.93. The maximum Gasteiger partial charge on any atom is 0.324 e. The van der Waals surface area contributed by atoms with Crippen LogP contribution in [0.5, 0.6) is 0 Å². The van der Waals surface area contributed by atoms with Crippen molar-refractivity contribution in [2.45, 2.75) is 26.3 Å². The predicted molar refractivity (Wildman–Crippen MR) is 95.4 cm³/mol. The van der Waals surface area contributed by atoms with Crippen LogP contribution < -0.4 is 4.90 Å². The topological polar surface area (TPSA) is 116 Å². The van der Waals surface area contributed by atoms with Gasteiger partial charge in [-0.1, -0.05) is 6.07 Å². The van der Waals surface area contributed by atoms with E-state index >= 15 is 0 Å². The van der Waals surface area contributed by atoms with Gasteiger partial charge in [-0.2, -0.15) is 0 Å². The molecule has 1 aromatic heterocycles. The van der Waals surface area contributed by atoms with Crippen LogP contribution in [0.15, 0.2) is 24.4 Å². The third-order valence-corrected chi connectivity index (χ3v) is 4.38. The summed E-state index contributed by atoms with van der Waals surface area (Å²) in [5.74, 6) is -2.65. The summed E-state index contributed by atoms with van der Waals surface area (Å²) in [5, 5.41) is 11.0. The highest BCUT2D eigenvalue weighted by molar-refractivity contribution is 6.28. The molecule has 9 nitrogen and oxygen atoms in total. The molecule has 0 bridgehead atoms. The minimum atomic E-state index is -1.31. The summed E-state index contributed by atoms with van der Waals surface area (Å²) in [6.07, 6.45) is 1.43. The minimum Gasteiger partial charge on any atom is -0.465 e. The molecule has 1 atom stereocenters. The van der Waals surface area contributed by atoms with Crippen molar-refractivity contribution in [3.8, 4) is 0 Å². The molecular formula is C17H15ClN4O5. The Bertz CT molecular complexity index is 949. The van der Waals surface area contributed by atoms with Gasteiger partial charge in [0.2, 0.25) is 11.2 Å². The third-order valence-electron chi connectivity index (χ3n) is 4.20. The van der Waals surface area contributed by atoms with Gasteiger partial charge in [0.25, 0.3) is 5.69 Å². The van der Waals surface area contributed by atoms with Crippen LogP contribution >= 0.6 is 11.6 Å². The average Bonchev–Trinajstić information content (AvgIpc) is 2.61. The average molecular weight is 391 g/mol. The van der Waals surface area contributed by atoms with Gasteiger partial charge in [0.1, 0.15) is 0 Å². The number of ether oxygens (including phenoxy) is 1. The summed E-state index contributed by atoms with van der Waals surface area (Å²) in [5.41, 5.74) is 1.54. The van der Waals surface area contributed by atoms with Gasteiger partial charge in [-0.25, -0.2) is 9.97 Å². The first-order valence-electron chi connectivity index (χ1n) is 8.07. The SMILES string of the molecule is CCOC(=O)C1C(=O)N(c2cc([N+](=O)[O-])ccc2C)Cc2cnc(Cl)nc21.